The van der Waals surface area contributed by atoms with Crippen molar-refractivity contribution < 1.29 is 33.3 Å². The Morgan fingerprint density at radius 1 is 1.16 bits per heavy atom. The summed E-state index contributed by atoms with van der Waals surface area (Å²) in [7, 11) is 1.04. The molecule has 0 aliphatic carbocycles. The van der Waals surface area contributed by atoms with Gasteiger partial charge >= 0.3 is 229 Å². The minimum absolute atomic E-state index is 0. The average Bonchev–Trinajstić information content (AvgIpc) is 3.03. The van der Waals surface area contributed by atoms with Crippen molar-refractivity contribution in [2.75, 3.05) is 13.2 Å². The van der Waals surface area contributed by atoms with Crippen LogP contribution in [-0.2, 0) is 28.5 Å². The van der Waals surface area contributed by atoms with Gasteiger partial charge in [0.2, 0.25) is 0 Å². The molecule has 1 aliphatic heterocycles. The predicted octanol–water partition coefficient (Wildman–Crippen LogP) is 2.51. The van der Waals surface area contributed by atoms with Crippen molar-refractivity contribution in [3.8, 4) is 6.26 Å². The van der Waals surface area contributed by atoms with Gasteiger partial charge in [0.25, 0.3) is 0 Å². The maximum absolute atomic E-state index is 13.7. The standard InChI is InChI=1S/C31H39BN5O7.Fm/c1-5-42-28(40)25-21(15-16-34-29(32-43-18-33)37-30(41)44-31(2,3)4)11-8-12-24(26(35-19-38)27(39)36-25)23-14-13-20-9-6-7-10-22(20)17-23;/h6-7,9-10,13-14,17,21,24-26,34H,5,8,11-12,15-16H2,1-4H3,(H,35,38)(H,36,39)(H,37,41);/q-1;. The Morgan fingerprint density at radius 3 is 2.56 bits per heavy atom. The zero-order valence-corrected chi connectivity index (χ0v) is 28.2. The summed E-state index contributed by atoms with van der Waals surface area (Å²) < 4.78 is 15.3. The molecule has 1 fully saturated rings. The molecule has 0 spiro atoms. The molecule has 45 heavy (non-hydrogen) atoms. The molecule has 246 valence electrons. The number of amides is 3. The first kappa shape index (κ1) is 35.6. The van der Waals surface area contributed by atoms with Gasteiger partial charge < -0.3 is 0 Å². The molecule has 2 aromatic rings. The zero-order valence-electron chi connectivity index (χ0n) is 25.8. The Hall–Kier alpha value is -5.60. The van der Waals surface area contributed by atoms with Crippen LogP contribution in [0, 0.1) is 17.4 Å². The van der Waals surface area contributed by atoms with Crippen LogP contribution in [0.2, 0.25) is 0 Å². The molecule has 1 saturated heterocycles. The van der Waals surface area contributed by atoms with E-state index < -0.39 is 35.7 Å². The summed E-state index contributed by atoms with van der Waals surface area (Å²) in [5.41, 5.74) is 0.231. The maximum Gasteiger partial charge on any atom is 0 e. The molecule has 14 heteroatoms. The number of fused-ring (bicyclic) bond motifs is 1. The number of nitrogens with one attached hydrogen (secondary N) is 4. The number of ether oxygens (including phenoxy) is 2. The van der Waals surface area contributed by atoms with E-state index in [-0.39, 0.29) is 30.7 Å². The average molecular weight is 861 g/mol. The molecule has 1 heterocycles. The van der Waals surface area contributed by atoms with Crippen LogP contribution in [-0.4, -0.2) is 68.1 Å². The summed E-state index contributed by atoms with van der Waals surface area (Å²) in [5.74, 6) is -1.82. The van der Waals surface area contributed by atoms with E-state index in [2.05, 4.69) is 25.9 Å². The molecule has 0 aromatic heterocycles. The van der Waals surface area contributed by atoms with Crippen molar-refractivity contribution in [1.82, 2.24) is 21.3 Å². The molecule has 0 radical (unpaired) electrons. The monoisotopic (exact) mass is 861 g/mol. The minimum atomic E-state index is -0.989. The van der Waals surface area contributed by atoms with E-state index in [1.807, 2.05) is 42.5 Å². The number of hydrogen-bond donors (Lipinski definition) is 4. The molecule has 0 saturated carbocycles. The third kappa shape index (κ3) is 10.6. The molecule has 4 atom stereocenters. The third-order valence-electron chi connectivity index (χ3n) is 7.20. The number of hydrogen-bond acceptors (Lipinski definition) is 9. The first-order chi connectivity index (χ1) is 21.1. The number of benzene rings is 2. The normalized spacial score (nSPS) is 20.2. The number of alkyl carbamates (subject to hydrolysis) is 1. The van der Waals surface area contributed by atoms with Crippen molar-refractivity contribution in [1.29, 1.82) is 5.26 Å². The Balaban J connectivity index is 0.00000705. The summed E-state index contributed by atoms with van der Waals surface area (Å²) in [6.45, 7) is 7.19. The second-order valence-corrected chi connectivity index (χ2v) is 11.4. The topological polar surface area (TPSA) is 168 Å². The molecular weight excluding hydrogens is 822 g/mol. The number of rotatable bonds is 11. The first-order valence-corrected chi connectivity index (χ1v) is 14.6. The smallest absolute Gasteiger partial charge is 0 e. The molecule has 2 aromatic carbocycles. The van der Waals surface area contributed by atoms with E-state index in [1.165, 1.54) is 6.26 Å². The van der Waals surface area contributed by atoms with Crippen LogP contribution in [0.4, 0.5) is 4.79 Å². The Bertz CT molecular complexity index is 1390. The molecule has 1 aliphatic rings. The maximum atomic E-state index is 13.7. The van der Waals surface area contributed by atoms with Gasteiger partial charge in [-0.25, -0.2) is 0 Å². The van der Waals surface area contributed by atoms with E-state index in [4.69, 9.17) is 14.7 Å². The fourth-order valence-electron chi connectivity index (χ4n) is 5.30. The van der Waals surface area contributed by atoms with Gasteiger partial charge in [-0.15, -0.1) is 0 Å². The number of carbonyl (C=O) groups is 3. The second kappa shape index (κ2) is 16.9. The van der Waals surface area contributed by atoms with Crippen LogP contribution in [0.25, 0.3) is 10.8 Å². The molecule has 4 N–H and O–H groups in total. The fourth-order valence-corrected chi connectivity index (χ4v) is 5.30. The van der Waals surface area contributed by atoms with E-state index >= 15 is 0 Å². The third-order valence-corrected chi connectivity index (χ3v) is 7.20. The van der Waals surface area contributed by atoms with Crippen LogP contribution in [0.1, 0.15) is 64.9 Å². The van der Waals surface area contributed by atoms with Crippen LogP contribution in [0.15, 0.2) is 42.5 Å². The first-order valence-electron chi connectivity index (χ1n) is 14.6. The van der Waals surface area contributed by atoms with Crippen molar-refractivity contribution in [2.24, 2.45) is 5.92 Å². The van der Waals surface area contributed by atoms with Crippen molar-refractivity contribution in [3.63, 3.8) is 0 Å². The summed E-state index contributed by atoms with van der Waals surface area (Å²) in [5, 5.41) is 21.8. The van der Waals surface area contributed by atoms with E-state index in [1.54, 1.807) is 34.1 Å². The molecule has 4 unspecified atom stereocenters. The summed E-state index contributed by atoms with van der Waals surface area (Å²) in [4.78, 5) is 50.6. The molecule has 3 rings (SSSR count). The minimum Gasteiger partial charge on any atom is 0 e. The summed E-state index contributed by atoms with van der Waals surface area (Å²) >= 11 is 0. The van der Waals surface area contributed by atoms with Gasteiger partial charge in [0.15, 0.2) is 0 Å². The predicted molar refractivity (Wildman–Crippen MR) is 165 cm³/mol. The Morgan fingerprint density at radius 2 is 1.89 bits per heavy atom. The zero-order chi connectivity index (χ0) is 32.1. The number of esters is 1. The van der Waals surface area contributed by atoms with Gasteiger partial charge in [0.1, 0.15) is 0 Å². The molecule has 12 nitrogen and oxygen atoms in total. The van der Waals surface area contributed by atoms with Crippen molar-refractivity contribution in [2.45, 2.75) is 77.0 Å². The number of nitriles is 1. The summed E-state index contributed by atoms with van der Waals surface area (Å²) in [6, 6.07) is 11.9. The van der Waals surface area contributed by atoms with Crippen molar-refractivity contribution in [3.05, 3.63) is 48.0 Å². The van der Waals surface area contributed by atoms with Crippen molar-refractivity contribution >= 4 is 48.0 Å². The quantitative estimate of drug-likeness (QED) is 0.0874. The van der Waals surface area contributed by atoms with Gasteiger partial charge in [0, 0.05) is 0 Å². The Labute approximate surface area is 258 Å². The van der Waals surface area contributed by atoms with Gasteiger partial charge in [0.05, 0.1) is 0 Å². The van der Waals surface area contributed by atoms with Crippen LogP contribution >= 0.6 is 0 Å². The second-order valence-electron chi connectivity index (χ2n) is 11.4. The van der Waals surface area contributed by atoms with E-state index in [9.17, 15) is 19.2 Å². The van der Waals surface area contributed by atoms with Gasteiger partial charge in [-0.3, -0.25) is 0 Å². The van der Waals surface area contributed by atoms with Crippen LogP contribution < -0.4 is 21.3 Å². The van der Waals surface area contributed by atoms with Gasteiger partial charge in [-0.05, 0) is 5.39 Å². The SMILES string of the molecule is CCOC(=O)C1NC(=O)C(N[C-]=O)C(c2ccc3ccccc3c2)CCCC1CCNC(=BOC#N)NC(=O)OC(C)(C)C.[Fm]. The van der Waals surface area contributed by atoms with E-state index in [0.717, 1.165) is 23.5 Å². The van der Waals surface area contributed by atoms with E-state index in [0.29, 0.717) is 25.7 Å². The van der Waals surface area contributed by atoms with Gasteiger partial charge in [-0.1, -0.05) is 24.3 Å². The molecule has 0 bridgehead atoms. The van der Waals surface area contributed by atoms with Crippen LogP contribution in [0.5, 0.6) is 0 Å². The van der Waals surface area contributed by atoms with Gasteiger partial charge in [-0.2, -0.15) is 0 Å². The largest absolute Gasteiger partial charge is 0 e. The molecule has 3 amide bonds. The number of nitrogens with zero attached hydrogens (tertiary/aromatic N) is 1. The fraction of sp³-hybridized carbons (Fsp3) is 0.484. The molecular formula is C31H39BFmN5O7-. The Kier molecular flexibility index (Phi) is 13.4. The number of carbonyl (C=O) groups excluding carboxylic acids is 4. The van der Waals surface area contributed by atoms with Crippen LogP contribution in [0.3, 0.4) is 0 Å². The summed E-state index contributed by atoms with van der Waals surface area (Å²) in [6.07, 6.45) is 4.57.